The molecule has 0 aliphatic carbocycles. The fourth-order valence-electron chi connectivity index (χ4n) is 2.58. The van der Waals surface area contributed by atoms with Gasteiger partial charge in [0.25, 0.3) is 0 Å². The van der Waals surface area contributed by atoms with Gasteiger partial charge in [-0.15, -0.1) is 0 Å². The van der Waals surface area contributed by atoms with E-state index in [9.17, 15) is 9.90 Å². The van der Waals surface area contributed by atoms with Crippen molar-refractivity contribution in [3.05, 3.63) is 101 Å². The van der Waals surface area contributed by atoms with Gasteiger partial charge in [0, 0.05) is 0 Å². The predicted octanol–water partition coefficient (Wildman–Crippen LogP) is 4.65. The average molecular weight is 318 g/mol. The van der Waals surface area contributed by atoms with Gasteiger partial charge in [-0.3, -0.25) is 0 Å². The Hall–Kier alpha value is -3.07. The molecule has 0 bridgehead atoms. The highest BCUT2D eigenvalue weighted by molar-refractivity contribution is 5.93. The lowest BCUT2D eigenvalue weighted by Crippen LogP contribution is -2.13. The molecule has 3 heteroatoms. The zero-order chi connectivity index (χ0) is 16.9. The molecule has 0 spiro atoms. The van der Waals surface area contributed by atoms with E-state index in [1.54, 1.807) is 25.1 Å². The lowest BCUT2D eigenvalue weighted by Gasteiger charge is -2.19. The first-order valence-electron chi connectivity index (χ1n) is 7.76. The number of aromatic hydroxyl groups is 1. The van der Waals surface area contributed by atoms with Crippen molar-refractivity contribution in [1.82, 2.24) is 0 Å². The van der Waals surface area contributed by atoms with E-state index in [4.69, 9.17) is 4.74 Å². The van der Waals surface area contributed by atoms with Crippen LogP contribution in [-0.4, -0.2) is 11.1 Å². The number of esters is 1. The van der Waals surface area contributed by atoms with Crippen LogP contribution in [0, 0.1) is 6.92 Å². The molecular formula is C21H18O3. The van der Waals surface area contributed by atoms with Gasteiger partial charge in [0.1, 0.15) is 11.3 Å². The number of para-hydroxylation sites is 1. The molecule has 0 unspecified atom stereocenters. The number of phenolic OH excluding ortho intramolecular Hbond substituents is 1. The maximum atomic E-state index is 12.6. The lowest BCUT2D eigenvalue weighted by molar-refractivity contribution is 0.0374. The molecule has 0 radical (unpaired) electrons. The van der Waals surface area contributed by atoms with E-state index in [0.717, 1.165) is 11.1 Å². The van der Waals surface area contributed by atoms with E-state index in [1.165, 1.54) is 0 Å². The van der Waals surface area contributed by atoms with Crippen LogP contribution in [0.15, 0.2) is 78.9 Å². The van der Waals surface area contributed by atoms with E-state index in [-0.39, 0.29) is 11.3 Å². The summed E-state index contributed by atoms with van der Waals surface area (Å²) in [4.78, 5) is 12.6. The number of hydrogen-bond acceptors (Lipinski definition) is 3. The predicted molar refractivity (Wildman–Crippen MR) is 93.0 cm³/mol. The number of rotatable bonds is 4. The van der Waals surface area contributed by atoms with Gasteiger partial charge < -0.3 is 9.84 Å². The van der Waals surface area contributed by atoms with Crippen LogP contribution in [0.3, 0.4) is 0 Å². The molecule has 3 rings (SSSR count). The first-order valence-corrected chi connectivity index (χ1v) is 7.76. The van der Waals surface area contributed by atoms with E-state index in [2.05, 4.69) is 0 Å². The molecule has 0 fully saturated rings. The summed E-state index contributed by atoms with van der Waals surface area (Å²) in [6.07, 6.45) is -0.528. The Labute approximate surface area is 141 Å². The molecule has 0 atom stereocenters. The van der Waals surface area contributed by atoms with Gasteiger partial charge in [-0.25, -0.2) is 4.79 Å². The first-order chi connectivity index (χ1) is 11.7. The number of phenols is 1. The van der Waals surface area contributed by atoms with Gasteiger partial charge in [-0.2, -0.15) is 0 Å². The summed E-state index contributed by atoms with van der Waals surface area (Å²) in [7, 11) is 0. The highest BCUT2D eigenvalue weighted by Gasteiger charge is 2.22. The molecule has 3 aromatic rings. The average Bonchev–Trinajstić information content (AvgIpc) is 2.63. The van der Waals surface area contributed by atoms with Crippen LogP contribution in [-0.2, 0) is 4.74 Å². The Kier molecular flexibility index (Phi) is 4.62. The van der Waals surface area contributed by atoms with Crippen LogP contribution in [0.25, 0.3) is 0 Å². The summed E-state index contributed by atoms with van der Waals surface area (Å²) in [6.45, 7) is 1.75. The summed E-state index contributed by atoms with van der Waals surface area (Å²) in [5.74, 6) is -0.587. The number of carbonyl (C=O) groups is 1. The zero-order valence-electron chi connectivity index (χ0n) is 13.3. The molecule has 0 amide bonds. The molecule has 3 nitrogen and oxygen atoms in total. The minimum atomic E-state index is -0.547. The smallest absolute Gasteiger partial charge is 0.342 e. The molecule has 0 saturated carbocycles. The molecule has 24 heavy (non-hydrogen) atoms. The molecule has 120 valence electrons. The highest BCUT2D eigenvalue weighted by atomic mass is 16.5. The number of hydrogen-bond donors (Lipinski definition) is 1. The third-order valence-corrected chi connectivity index (χ3v) is 3.89. The Morgan fingerprint density at radius 1 is 0.833 bits per heavy atom. The van der Waals surface area contributed by atoms with Crippen molar-refractivity contribution in [2.45, 2.75) is 13.0 Å². The number of ether oxygens (including phenoxy) is 1. The van der Waals surface area contributed by atoms with E-state index >= 15 is 0 Å². The Morgan fingerprint density at radius 3 is 1.92 bits per heavy atom. The summed E-state index contributed by atoms with van der Waals surface area (Å²) < 4.78 is 5.75. The Bertz CT molecular complexity index is 787. The molecule has 0 aliphatic rings. The first kappa shape index (κ1) is 15.8. The third kappa shape index (κ3) is 3.30. The monoisotopic (exact) mass is 318 g/mol. The van der Waals surface area contributed by atoms with Crippen LogP contribution in [0.1, 0.15) is 33.2 Å². The molecule has 0 aromatic heterocycles. The van der Waals surface area contributed by atoms with Crippen LogP contribution >= 0.6 is 0 Å². The van der Waals surface area contributed by atoms with Gasteiger partial charge >= 0.3 is 5.97 Å². The number of aryl methyl sites for hydroxylation is 1. The molecule has 3 aromatic carbocycles. The Morgan fingerprint density at radius 2 is 1.38 bits per heavy atom. The van der Waals surface area contributed by atoms with Gasteiger partial charge in [-0.05, 0) is 29.7 Å². The normalized spacial score (nSPS) is 10.6. The highest BCUT2D eigenvalue weighted by Crippen LogP contribution is 2.29. The van der Waals surface area contributed by atoms with Crippen LogP contribution in [0.5, 0.6) is 5.75 Å². The molecule has 0 heterocycles. The quantitative estimate of drug-likeness (QED) is 0.712. The molecule has 1 N–H and O–H groups in total. The summed E-state index contributed by atoms with van der Waals surface area (Å²) in [5.41, 5.74) is 2.57. The second kappa shape index (κ2) is 7.01. The molecular weight excluding hydrogens is 300 g/mol. The van der Waals surface area contributed by atoms with Gasteiger partial charge in [0.05, 0.1) is 0 Å². The van der Waals surface area contributed by atoms with Gasteiger partial charge in [0.2, 0.25) is 0 Å². The fraction of sp³-hybridized carbons (Fsp3) is 0.0952. The van der Waals surface area contributed by atoms with Crippen molar-refractivity contribution in [3.63, 3.8) is 0 Å². The van der Waals surface area contributed by atoms with Crippen LogP contribution < -0.4 is 0 Å². The maximum absolute atomic E-state index is 12.6. The Balaban J connectivity index is 1.95. The standard InChI is InChI=1S/C21H18O3/c1-15-9-8-14-18(19(15)22)21(23)24-20(16-10-4-2-5-11-16)17-12-6-3-7-13-17/h2-14,20,22H,1H3. The number of carbonyl (C=O) groups excluding carboxylic acids is 1. The summed E-state index contributed by atoms with van der Waals surface area (Å²) in [5, 5.41) is 10.1. The molecule has 0 aliphatic heterocycles. The van der Waals surface area contributed by atoms with E-state index < -0.39 is 12.1 Å². The van der Waals surface area contributed by atoms with E-state index in [0.29, 0.717) is 5.56 Å². The van der Waals surface area contributed by atoms with Crippen molar-refractivity contribution in [2.24, 2.45) is 0 Å². The van der Waals surface area contributed by atoms with Crippen molar-refractivity contribution in [3.8, 4) is 5.75 Å². The topological polar surface area (TPSA) is 46.5 Å². The maximum Gasteiger partial charge on any atom is 0.342 e. The van der Waals surface area contributed by atoms with Gasteiger partial charge in [-0.1, -0.05) is 72.8 Å². The largest absolute Gasteiger partial charge is 0.507 e. The van der Waals surface area contributed by atoms with Crippen molar-refractivity contribution < 1.29 is 14.6 Å². The van der Waals surface area contributed by atoms with Crippen LogP contribution in [0.2, 0.25) is 0 Å². The minimum Gasteiger partial charge on any atom is -0.507 e. The van der Waals surface area contributed by atoms with Crippen LogP contribution in [0.4, 0.5) is 0 Å². The summed E-state index contributed by atoms with van der Waals surface area (Å²) in [6, 6.07) is 24.2. The lowest BCUT2D eigenvalue weighted by atomic mass is 10.0. The zero-order valence-corrected chi connectivity index (χ0v) is 13.3. The molecule has 0 saturated heterocycles. The van der Waals surface area contributed by atoms with Gasteiger partial charge in [0.15, 0.2) is 6.10 Å². The third-order valence-electron chi connectivity index (χ3n) is 3.89. The van der Waals surface area contributed by atoms with E-state index in [1.807, 2.05) is 60.7 Å². The summed E-state index contributed by atoms with van der Waals surface area (Å²) >= 11 is 0. The van der Waals surface area contributed by atoms with Crippen molar-refractivity contribution >= 4 is 5.97 Å². The second-order valence-corrected chi connectivity index (χ2v) is 5.58. The minimum absolute atomic E-state index is 0.0395. The SMILES string of the molecule is Cc1cccc(C(=O)OC(c2ccccc2)c2ccccc2)c1O. The number of benzene rings is 3. The van der Waals surface area contributed by atoms with Crippen molar-refractivity contribution in [1.29, 1.82) is 0 Å². The fourth-order valence-corrected chi connectivity index (χ4v) is 2.58. The second-order valence-electron chi connectivity index (χ2n) is 5.58. The van der Waals surface area contributed by atoms with Crippen molar-refractivity contribution in [2.75, 3.05) is 0 Å².